The molecular weight excluding hydrogens is 358 g/mol. The number of hydrogen-bond acceptors (Lipinski definition) is 3. The van der Waals surface area contributed by atoms with E-state index in [2.05, 4.69) is 61.5 Å². The summed E-state index contributed by atoms with van der Waals surface area (Å²) in [7, 11) is -1.56. The van der Waals surface area contributed by atoms with Gasteiger partial charge in [-0.1, -0.05) is 74.0 Å². The van der Waals surface area contributed by atoms with Gasteiger partial charge in [0.25, 0.3) is 0 Å². The molecule has 0 radical (unpaired) electrons. The Morgan fingerprint density at radius 3 is 2.42 bits per heavy atom. The molecule has 1 aromatic rings. The Morgan fingerprint density at radius 1 is 1.23 bits per heavy atom. The highest BCUT2D eigenvalue weighted by Gasteiger charge is 2.45. The van der Waals surface area contributed by atoms with Crippen LogP contribution in [0.2, 0.25) is 19.6 Å². The Bertz CT molecular complexity index is 736. The molecule has 0 spiro atoms. The topological polar surface area (TPSA) is 21.7 Å². The zero-order valence-corrected chi connectivity index (χ0v) is 18.2. The molecule has 2 heterocycles. The molecule has 3 nitrogen and oxygen atoms in total. The third-order valence-electron chi connectivity index (χ3n) is 4.98. The van der Waals surface area contributed by atoms with Crippen molar-refractivity contribution in [2.24, 2.45) is 0 Å². The zero-order valence-electron chi connectivity index (χ0n) is 16.4. The van der Waals surface area contributed by atoms with Crippen molar-refractivity contribution >= 4 is 25.3 Å². The summed E-state index contributed by atoms with van der Waals surface area (Å²) in [4.78, 5) is 3.13. The molecule has 0 saturated carbocycles. The van der Waals surface area contributed by atoms with E-state index in [4.69, 9.17) is 21.7 Å². The molecule has 26 heavy (non-hydrogen) atoms. The molecule has 0 amide bonds. The molecule has 2 aliphatic heterocycles. The summed E-state index contributed by atoms with van der Waals surface area (Å²) < 4.78 is 12.1. The first-order valence-corrected chi connectivity index (χ1v) is 13.1. The lowest BCUT2D eigenvalue weighted by molar-refractivity contribution is -0.142. The van der Waals surface area contributed by atoms with Crippen molar-refractivity contribution in [1.29, 1.82) is 0 Å². The number of ether oxygens (including phenoxy) is 2. The van der Waals surface area contributed by atoms with E-state index >= 15 is 0 Å². The number of hydrogen-bond donors (Lipinski definition) is 0. The first kappa shape index (κ1) is 19.5. The minimum absolute atomic E-state index is 0.0104. The largest absolute Gasteiger partial charge is 0.349 e. The zero-order chi connectivity index (χ0) is 19.1. The van der Waals surface area contributed by atoms with Gasteiger partial charge < -0.3 is 14.4 Å². The summed E-state index contributed by atoms with van der Waals surface area (Å²) in [6, 6.07) is 10.4. The van der Waals surface area contributed by atoms with Gasteiger partial charge in [-0.2, -0.15) is 0 Å². The minimum atomic E-state index is -1.56. The van der Waals surface area contributed by atoms with Crippen LogP contribution >= 0.6 is 12.2 Å². The molecule has 1 aromatic carbocycles. The predicted molar refractivity (Wildman–Crippen MR) is 114 cm³/mol. The van der Waals surface area contributed by atoms with Gasteiger partial charge in [0.2, 0.25) is 0 Å². The maximum absolute atomic E-state index is 6.24. The van der Waals surface area contributed by atoms with E-state index in [9.17, 15) is 0 Å². The van der Waals surface area contributed by atoms with Gasteiger partial charge in [-0.05, 0) is 31.1 Å². The van der Waals surface area contributed by atoms with Crippen LogP contribution in [0.4, 0.5) is 0 Å². The van der Waals surface area contributed by atoms with Gasteiger partial charge in [0.05, 0.1) is 20.7 Å². The average Bonchev–Trinajstić information content (AvgIpc) is 2.90. The minimum Gasteiger partial charge on any atom is -0.349 e. The van der Waals surface area contributed by atoms with Crippen LogP contribution in [0.3, 0.4) is 0 Å². The molecule has 1 saturated heterocycles. The Balaban J connectivity index is 1.98. The van der Waals surface area contributed by atoms with Crippen LogP contribution in [0.25, 0.3) is 0 Å². The van der Waals surface area contributed by atoms with E-state index in [1.54, 1.807) is 0 Å². The second kappa shape index (κ2) is 7.04. The second-order valence-electron chi connectivity index (χ2n) is 8.60. The molecule has 1 unspecified atom stereocenters. The van der Waals surface area contributed by atoms with Crippen LogP contribution in [0, 0.1) is 0 Å². The van der Waals surface area contributed by atoms with Gasteiger partial charge in [0, 0.05) is 6.54 Å². The first-order valence-electron chi connectivity index (χ1n) is 9.16. The van der Waals surface area contributed by atoms with Crippen LogP contribution < -0.4 is 0 Å². The van der Waals surface area contributed by atoms with Crippen LogP contribution in [0.15, 0.2) is 53.8 Å². The van der Waals surface area contributed by atoms with Crippen molar-refractivity contribution in [2.75, 3.05) is 6.61 Å². The van der Waals surface area contributed by atoms with Crippen molar-refractivity contribution in [1.82, 2.24) is 4.90 Å². The van der Waals surface area contributed by atoms with Gasteiger partial charge in [0.1, 0.15) is 11.1 Å². The van der Waals surface area contributed by atoms with E-state index in [0.29, 0.717) is 6.61 Å². The summed E-state index contributed by atoms with van der Waals surface area (Å²) in [6.07, 6.45) is 2.10. The van der Waals surface area contributed by atoms with Gasteiger partial charge in [-0.15, -0.1) is 0 Å². The highest BCUT2D eigenvalue weighted by atomic mass is 32.1. The fourth-order valence-electron chi connectivity index (χ4n) is 3.73. The van der Waals surface area contributed by atoms with E-state index in [-0.39, 0.29) is 12.1 Å². The van der Waals surface area contributed by atoms with Gasteiger partial charge >= 0.3 is 0 Å². The highest BCUT2D eigenvalue weighted by molar-refractivity contribution is 7.80. The highest BCUT2D eigenvalue weighted by Crippen LogP contribution is 2.37. The summed E-state index contributed by atoms with van der Waals surface area (Å²) >= 11 is 5.83. The number of thiocarbonyl (C=S) groups is 1. The van der Waals surface area contributed by atoms with E-state index in [0.717, 1.165) is 17.1 Å². The van der Waals surface area contributed by atoms with Crippen LogP contribution in [-0.4, -0.2) is 42.5 Å². The fraction of sp³-hybridized carbons (Fsp3) is 0.476. The van der Waals surface area contributed by atoms with E-state index in [1.807, 2.05) is 19.9 Å². The van der Waals surface area contributed by atoms with E-state index in [1.165, 1.54) is 10.8 Å². The molecule has 1 fully saturated rings. The Morgan fingerprint density at radius 2 is 1.88 bits per heavy atom. The summed E-state index contributed by atoms with van der Waals surface area (Å²) in [5.74, 6) is -0.564. The summed E-state index contributed by atoms with van der Waals surface area (Å²) in [6.45, 7) is 16.8. The van der Waals surface area contributed by atoms with Crippen molar-refractivity contribution < 1.29 is 9.47 Å². The lowest BCUT2D eigenvalue weighted by Crippen LogP contribution is -2.52. The van der Waals surface area contributed by atoms with Crippen LogP contribution in [-0.2, 0) is 16.0 Å². The molecule has 2 aliphatic rings. The second-order valence-corrected chi connectivity index (χ2v) is 14.1. The number of rotatable bonds is 4. The summed E-state index contributed by atoms with van der Waals surface area (Å²) in [5, 5.41) is 1.34. The molecule has 5 heteroatoms. The standard InChI is InChI=1S/C21H29NO2SSi/c1-15-18(26(4,5)6)12-19(25)22(13-16-10-8-7-9-11-16)20(15)17-14-23-21(2,3)24-17/h7-12,17,20H,1,13-14H2,2-6H3/t17-,20?/m0/s1. The molecule has 3 rings (SSSR count). The Labute approximate surface area is 163 Å². The van der Waals surface area contributed by atoms with Crippen molar-refractivity contribution in [3.05, 3.63) is 59.3 Å². The van der Waals surface area contributed by atoms with Crippen molar-refractivity contribution in [3.63, 3.8) is 0 Å². The maximum Gasteiger partial charge on any atom is 0.163 e. The molecule has 140 valence electrons. The number of nitrogens with zero attached hydrogens (tertiary/aromatic N) is 1. The molecule has 0 aromatic heterocycles. The third-order valence-corrected chi connectivity index (χ3v) is 7.41. The van der Waals surface area contributed by atoms with Gasteiger partial charge in [0.15, 0.2) is 5.79 Å². The predicted octanol–water partition coefficient (Wildman–Crippen LogP) is 4.71. The number of benzene rings is 1. The fourth-order valence-corrected chi connectivity index (χ4v) is 5.82. The van der Waals surface area contributed by atoms with Crippen molar-refractivity contribution in [3.8, 4) is 0 Å². The molecule has 0 N–H and O–H groups in total. The lowest BCUT2D eigenvalue weighted by Gasteiger charge is -2.43. The van der Waals surface area contributed by atoms with Crippen LogP contribution in [0.5, 0.6) is 0 Å². The molecular formula is C21H29NO2SSi. The van der Waals surface area contributed by atoms with Crippen LogP contribution in [0.1, 0.15) is 19.4 Å². The Hall–Kier alpha value is -1.27. The lowest BCUT2D eigenvalue weighted by atomic mass is 9.96. The van der Waals surface area contributed by atoms with Gasteiger partial charge in [-0.3, -0.25) is 0 Å². The molecule has 2 atom stereocenters. The first-order chi connectivity index (χ1) is 12.1. The maximum atomic E-state index is 6.24. The smallest absolute Gasteiger partial charge is 0.163 e. The normalized spacial score (nSPS) is 26.2. The van der Waals surface area contributed by atoms with E-state index < -0.39 is 13.9 Å². The quantitative estimate of drug-likeness (QED) is 0.551. The SMILES string of the molecule is C=C1C([Si](C)(C)C)=CC(=S)N(Cc2ccccc2)C1[C@@H]1COC(C)(C)O1. The molecule has 0 aliphatic carbocycles. The summed E-state index contributed by atoms with van der Waals surface area (Å²) in [5.41, 5.74) is 2.37. The molecule has 0 bridgehead atoms. The average molecular weight is 388 g/mol. The Kier molecular flexibility index (Phi) is 5.28. The third kappa shape index (κ3) is 4.01. The van der Waals surface area contributed by atoms with Gasteiger partial charge in [-0.25, -0.2) is 0 Å². The monoisotopic (exact) mass is 387 g/mol. The van der Waals surface area contributed by atoms with Crippen molar-refractivity contribution in [2.45, 2.75) is 58.0 Å².